The number of nitrogens with one attached hydrogen (secondary N) is 1. The molecule has 0 aromatic carbocycles. The van der Waals surface area contributed by atoms with Crippen LogP contribution in [0, 0.1) is 11.8 Å². The number of likely N-dealkylation sites (tertiary alicyclic amines) is 1. The molecule has 2 amide bonds. The average Bonchev–Trinajstić information content (AvgIpc) is 3.20. The number of amides is 2. The molecule has 3 rings (SSSR count). The Kier molecular flexibility index (Phi) is 7.64. The first-order valence-corrected chi connectivity index (χ1v) is 11.2. The van der Waals surface area contributed by atoms with Crippen LogP contribution < -0.4 is 10.2 Å². The van der Waals surface area contributed by atoms with Gasteiger partial charge in [0.2, 0.25) is 17.8 Å². The molecule has 3 heterocycles. The first kappa shape index (κ1) is 22.5. The molecule has 0 saturated carbocycles. The van der Waals surface area contributed by atoms with Gasteiger partial charge in [0.05, 0.1) is 24.8 Å². The third-order valence-electron chi connectivity index (χ3n) is 6.07. The van der Waals surface area contributed by atoms with Gasteiger partial charge >= 0.3 is 0 Å². The minimum Gasteiger partial charge on any atom is -0.378 e. The maximum Gasteiger partial charge on any atom is 0.225 e. The van der Waals surface area contributed by atoms with Gasteiger partial charge in [-0.1, -0.05) is 13.8 Å². The fraction of sp³-hybridized carbons (Fsp3) is 0.727. The number of anilines is 1. The summed E-state index contributed by atoms with van der Waals surface area (Å²) in [6.07, 6.45) is 3.39. The fourth-order valence-electron chi connectivity index (χ4n) is 4.32. The summed E-state index contributed by atoms with van der Waals surface area (Å²) in [4.78, 5) is 39.2. The number of aromatic nitrogens is 2. The van der Waals surface area contributed by atoms with E-state index < -0.39 is 0 Å². The quantitative estimate of drug-likeness (QED) is 0.728. The zero-order chi connectivity index (χ0) is 21.7. The van der Waals surface area contributed by atoms with E-state index in [-0.39, 0.29) is 35.6 Å². The molecule has 2 saturated heterocycles. The molecule has 2 atom stereocenters. The Morgan fingerprint density at radius 1 is 1.20 bits per heavy atom. The third kappa shape index (κ3) is 5.09. The summed E-state index contributed by atoms with van der Waals surface area (Å²) in [5.74, 6) is 0.368. The lowest BCUT2D eigenvalue weighted by Gasteiger charge is -2.27. The van der Waals surface area contributed by atoms with Crippen LogP contribution in [0.4, 0.5) is 5.95 Å². The molecule has 2 aliphatic rings. The molecule has 1 N–H and O–H groups in total. The van der Waals surface area contributed by atoms with E-state index in [1.807, 2.05) is 38.7 Å². The van der Waals surface area contributed by atoms with Gasteiger partial charge in [0, 0.05) is 50.3 Å². The zero-order valence-corrected chi connectivity index (χ0v) is 18.6. The Labute approximate surface area is 179 Å². The summed E-state index contributed by atoms with van der Waals surface area (Å²) in [5.41, 5.74) is 0.829. The van der Waals surface area contributed by atoms with Crippen molar-refractivity contribution in [2.24, 2.45) is 11.8 Å². The van der Waals surface area contributed by atoms with Crippen molar-refractivity contribution < 1.29 is 14.3 Å². The van der Waals surface area contributed by atoms with Gasteiger partial charge in [-0.3, -0.25) is 9.59 Å². The molecule has 0 radical (unpaired) electrons. The predicted molar refractivity (Wildman–Crippen MR) is 115 cm³/mol. The average molecular weight is 418 g/mol. The van der Waals surface area contributed by atoms with E-state index in [2.05, 4.69) is 15.2 Å². The molecule has 0 unspecified atom stereocenters. The molecular formula is C22H35N5O3. The van der Waals surface area contributed by atoms with E-state index in [0.29, 0.717) is 32.3 Å². The van der Waals surface area contributed by atoms with Gasteiger partial charge < -0.3 is 19.9 Å². The summed E-state index contributed by atoms with van der Waals surface area (Å²) in [5, 5.41) is 3.03. The van der Waals surface area contributed by atoms with Crippen LogP contribution in [0.1, 0.15) is 52.1 Å². The van der Waals surface area contributed by atoms with Gasteiger partial charge in [0.1, 0.15) is 0 Å². The normalized spacial score (nSPS) is 22.1. The number of ether oxygens (including phenoxy) is 1. The number of carbonyl (C=O) groups excluding carboxylic acids is 2. The van der Waals surface area contributed by atoms with Gasteiger partial charge in [0.15, 0.2) is 0 Å². The standard InChI is InChI=1S/C22H35N5O3/c1-5-16(6-2)21(29)27-13-17(18(14-27)20(28)24-15(3)4)19-7-8-23-22(25-19)26-9-11-30-12-10-26/h7-8,15-18H,5-6,9-14H2,1-4H3,(H,24,28)/t17-,18-/m0/s1. The number of hydrogen-bond donors (Lipinski definition) is 1. The largest absolute Gasteiger partial charge is 0.378 e. The molecule has 1 aromatic rings. The molecule has 2 fully saturated rings. The van der Waals surface area contributed by atoms with Crippen molar-refractivity contribution in [1.82, 2.24) is 20.2 Å². The van der Waals surface area contributed by atoms with Gasteiger partial charge in [-0.05, 0) is 32.8 Å². The van der Waals surface area contributed by atoms with Crippen molar-refractivity contribution in [3.63, 3.8) is 0 Å². The summed E-state index contributed by atoms with van der Waals surface area (Å²) in [7, 11) is 0. The summed E-state index contributed by atoms with van der Waals surface area (Å²) in [6.45, 7) is 11.8. The number of carbonyl (C=O) groups is 2. The molecule has 2 aliphatic heterocycles. The molecule has 30 heavy (non-hydrogen) atoms. The van der Waals surface area contributed by atoms with Crippen LogP contribution in [0.25, 0.3) is 0 Å². The highest BCUT2D eigenvalue weighted by atomic mass is 16.5. The first-order valence-electron chi connectivity index (χ1n) is 11.2. The number of hydrogen-bond acceptors (Lipinski definition) is 6. The Balaban J connectivity index is 1.85. The van der Waals surface area contributed by atoms with Crippen molar-refractivity contribution in [1.29, 1.82) is 0 Å². The SMILES string of the molecule is CCC(CC)C(=O)N1C[C@H](C(=O)NC(C)C)[C@@H](c2ccnc(N3CCOCC3)n2)C1. The minimum atomic E-state index is -0.307. The first-order chi connectivity index (χ1) is 14.4. The number of morpholine rings is 1. The van der Waals surface area contributed by atoms with Crippen LogP contribution in [0.3, 0.4) is 0 Å². The Morgan fingerprint density at radius 3 is 2.53 bits per heavy atom. The van der Waals surface area contributed by atoms with Crippen molar-refractivity contribution in [2.75, 3.05) is 44.3 Å². The van der Waals surface area contributed by atoms with Crippen LogP contribution in [0.15, 0.2) is 12.3 Å². The second-order valence-corrected chi connectivity index (χ2v) is 8.51. The minimum absolute atomic E-state index is 0.00636. The van der Waals surface area contributed by atoms with E-state index in [1.54, 1.807) is 6.20 Å². The number of rotatable bonds is 7. The maximum atomic E-state index is 13.0. The fourth-order valence-corrected chi connectivity index (χ4v) is 4.32. The molecule has 166 valence electrons. The Morgan fingerprint density at radius 2 is 1.90 bits per heavy atom. The van der Waals surface area contributed by atoms with Crippen molar-refractivity contribution >= 4 is 17.8 Å². The van der Waals surface area contributed by atoms with Crippen LogP contribution in [-0.2, 0) is 14.3 Å². The molecule has 8 nitrogen and oxygen atoms in total. The lowest BCUT2D eigenvalue weighted by atomic mass is 9.91. The molecule has 0 aliphatic carbocycles. The van der Waals surface area contributed by atoms with Crippen LogP contribution >= 0.6 is 0 Å². The number of nitrogens with zero attached hydrogens (tertiary/aromatic N) is 4. The van der Waals surface area contributed by atoms with Crippen molar-refractivity contribution in [3.8, 4) is 0 Å². The highest BCUT2D eigenvalue weighted by molar-refractivity contribution is 5.84. The van der Waals surface area contributed by atoms with Gasteiger partial charge in [-0.15, -0.1) is 0 Å². The van der Waals surface area contributed by atoms with E-state index in [9.17, 15) is 9.59 Å². The Bertz CT molecular complexity index is 731. The van der Waals surface area contributed by atoms with E-state index >= 15 is 0 Å². The monoisotopic (exact) mass is 417 g/mol. The van der Waals surface area contributed by atoms with Crippen LogP contribution in [-0.4, -0.2) is 72.1 Å². The van der Waals surface area contributed by atoms with E-state index in [0.717, 1.165) is 31.6 Å². The predicted octanol–water partition coefficient (Wildman–Crippen LogP) is 1.82. The second kappa shape index (κ2) is 10.2. The molecule has 8 heteroatoms. The van der Waals surface area contributed by atoms with Crippen molar-refractivity contribution in [2.45, 2.75) is 52.5 Å². The highest BCUT2D eigenvalue weighted by Gasteiger charge is 2.42. The van der Waals surface area contributed by atoms with E-state index in [1.165, 1.54) is 0 Å². The maximum absolute atomic E-state index is 13.0. The second-order valence-electron chi connectivity index (χ2n) is 8.51. The molecule has 1 aromatic heterocycles. The summed E-state index contributed by atoms with van der Waals surface area (Å²) in [6, 6.07) is 1.94. The molecule has 0 spiro atoms. The van der Waals surface area contributed by atoms with Gasteiger partial charge in [-0.25, -0.2) is 9.97 Å². The van der Waals surface area contributed by atoms with Crippen LogP contribution in [0.5, 0.6) is 0 Å². The summed E-state index contributed by atoms with van der Waals surface area (Å²) >= 11 is 0. The van der Waals surface area contributed by atoms with Crippen LogP contribution in [0.2, 0.25) is 0 Å². The van der Waals surface area contributed by atoms with E-state index in [4.69, 9.17) is 9.72 Å². The summed E-state index contributed by atoms with van der Waals surface area (Å²) < 4.78 is 5.43. The van der Waals surface area contributed by atoms with Gasteiger partial charge in [0.25, 0.3) is 0 Å². The van der Waals surface area contributed by atoms with Crippen molar-refractivity contribution in [3.05, 3.63) is 18.0 Å². The van der Waals surface area contributed by atoms with Gasteiger partial charge in [-0.2, -0.15) is 0 Å². The highest BCUT2D eigenvalue weighted by Crippen LogP contribution is 2.34. The molecule has 0 bridgehead atoms. The lowest BCUT2D eigenvalue weighted by molar-refractivity contribution is -0.135. The Hall–Kier alpha value is -2.22. The lowest BCUT2D eigenvalue weighted by Crippen LogP contribution is -2.40. The smallest absolute Gasteiger partial charge is 0.225 e. The third-order valence-corrected chi connectivity index (χ3v) is 6.07. The zero-order valence-electron chi connectivity index (χ0n) is 18.6. The topological polar surface area (TPSA) is 87.7 Å². The molecular weight excluding hydrogens is 382 g/mol.